The van der Waals surface area contributed by atoms with Gasteiger partial charge in [0, 0.05) is 6.42 Å². The second-order valence-electron chi connectivity index (χ2n) is 2.75. The lowest BCUT2D eigenvalue weighted by Crippen LogP contribution is -2.32. The zero-order valence-electron chi connectivity index (χ0n) is 5.84. The van der Waals surface area contributed by atoms with Gasteiger partial charge in [-0.25, -0.2) is 9.78 Å². The van der Waals surface area contributed by atoms with Crippen LogP contribution in [0.1, 0.15) is 12.8 Å². The summed E-state index contributed by atoms with van der Waals surface area (Å²) < 4.78 is 0. The lowest BCUT2D eigenvalue weighted by Gasteiger charge is -2.28. The first-order chi connectivity index (χ1) is 4.91. The van der Waals surface area contributed by atoms with Gasteiger partial charge in [0.15, 0.2) is 0 Å². The Balaban J connectivity index is 1.98. The number of rotatable bonds is 0. The summed E-state index contributed by atoms with van der Waals surface area (Å²) >= 11 is 2.00. The molecule has 3 heteroatoms. The van der Waals surface area contributed by atoms with Crippen molar-refractivity contribution in [2.75, 3.05) is 18.1 Å². The zero-order valence-corrected chi connectivity index (χ0v) is 6.65. The van der Waals surface area contributed by atoms with E-state index in [1.165, 1.54) is 11.5 Å². The van der Waals surface area contributed by atoms with Crippen LogP contribution in [0.25, 0.3) is 0 Å². The quantitative estimate of drug-likeness (QED) is 0.498. The summed E-state index contributed by atoms with van der Waals surface area (Å²) in [5, 5.41) is 0. The van der Waals surface area contributed by atoms with E-state index < -0.39 is 0 Å². The SMILES string of the molecule is [CH]1COOC12CCSCC2. The van der Waals surface area contributed by atoms with Crippen molar-refractivity contribution in [3.05, 3.63) is 6.42 Å². The number of thioether (sulfide) groups is 1. The van der Waals surface area contributed by atoms with Crippen molar-refractivity contribution in [3.63, 3.8) is 0 Å². The Hall–Kier alpha value is 0.270. The summed E-state index contributed by atoms with van der Waals surface area (Å²) in [7, 11) is 0. The third-order valence-corrected chi connectivity index (χ3v) is 3.07. The van der Waals surface area contributed by atoms with Crippen LogP contribution in [0.3, 0.4) is 0 Å². The average molecular weight is 159 g/mol. The van der Waals surface area contributed by atoms with Gasteiger partial charge < -0.3 is 0 Å². The highest BCUT2D eigenvalue weighted by Gasteiger charge is 2.38. The Morgan fingerprint density at radius 3 is 2.70 bits per heavy atom. The van der Waals surface area contributed by atoms with Crippen LogP contribution in [0.5, 0.6) is 0 Å². The molecule has 0 aromatic rings. The summed E-state index contributed by atoms with van der Waals surface area (Å²) in [5.74, 6) is 2.42. The van der Waals surface area contributed by atoms with Gasteiger partial charge in [-0.15, -0.1) is 0 Å². The summed E-state index contributed by atoms with van der Waals surface area (Å²) in [6, 6.07) is 0. The Morgan fingerprint density at radius 1 is 1.30 bits per heavy atom. The topological polar surface area (TPSA) is 18.5 Å². The van der Waals surface area contributed by atoms with E-state index in [-0.39, 0.29) is 5.60 Å². The van der Waals surface area contributed by atoms with Gasteiger partial charge in [0.05, 0.1) is 6.61 Å². The van der Waals surface area contributed by atoms with E-state index >= 15 is 0 Å². The molecule has 10 heavy (non-hydrogen) atoms. The molecule has 2 rings (SSSR count). The minimum atomic E-state index is 0.00521. The van der Waals surface area contributed by atoms with E-state index in [4.69, 9.17) is 9.78 Å². The van der Waals surface area contributed by atoms with Gasteiger partial charge in [0.2, 0.25) is 0 Å². The number of hydrogen-bond acceptors (Lipinski definition) is 3. The van der Waals surface area contributed by atoms with Gasteiger partial charge in [0.1, 0.15) is 5.60 Å². The van der Waals surface area contributed by atoms with Gasteiger partial charge >= 0.3 is 0 Å². The maximum atomic E-state index is 5.21. The Labute approximate surface area is 65.2 Å². The van der Waals surface area contributed by atoms with Crippen molar-refractivity contribution in [1.82, 2.24) is 0 Å². The molecular weight excluding hydrogens is 148 g/mol. The van der Waals surface area contributed by atoms with Crippen LogP contribution >= 0.6 is 11.8 Å². The van der Waals surface area contributed by atoms with Gasteiger partial charge in [0.25, 0.3) is 0 Å². The van der Waals surface area contributed by atoms with Crippen LogP contribution in [0.2, 0.25) is 0 Å². The van der Waals surface area contributed by atoms with Crippen molar-refractivity contribution >= 4 is 11.8 Å². The first kappa shape index (κ1) is 6.95. The monoisotopic (exact) mass is 159 g/mol. The first-order valence-corrected chi connectivity index (χ1v) is 4.80. The maximum absolute atomic E-state index is 5.21. The predicted octanol–water partition coefficient (Wildman–Crippen LogP) is 1.42. The molecule has 0 N–H and O–H groups in total. The standard InChI is InChI=1S/C7H11O2S/c1-4-8-9-7(1)2-5-10-6-3-7/h1H,2-6H2. The smallest absolute Gasteiger partial charge is 0.111 e. The van der Waals surface area contributed by atoms with E-state index in [1.807, 2.05) is 11.8 Å². The van der Waals surface area contributed by atoms with Crippen molar-refractivity contribution in [2.24, 2.45) is 0 Å². The summed E-state index contributed by atoms with van der Waals surface area (Å²) in [6.07, 6.45) is 4.40. The lowest BCUT2D eigenvalue weighted by molar-refractivity contribution is -0.308. The number of hydrogen-bond donors (Lipinski definition) is 0. The third-order valence-electron chi connectivity index (χ3n) is 2.09. The fraction of sp³-hybridized carbons (Fsp3) is 0.857. The highest BCUT2D eigenvalue weighted by molar-refractivity contribution is 7.99. The third kappa shape index (κ3) is 1.18. The van der Waals surface area contributed by atoms with Crippen molar-refractivity contribution in [1.29, 1.82) is 0 Å². The van der Waals surface area contributed by atoms with Crippen LogP contribution in [-0.4, -0.2) is 23.7 Å². The molecule has 0 atom stereocenters. The van der Waals surface area contributed by atoms with Crippen LogP contribution in [0, 0.1) is 6.42 Å². The predicted molar refractivity (Wildman–Crippen MR) is 40.6 cm³/mol. The highest BCUT2D eigenvalue weighted by atomic mass is 32.2. The molecule has 2 aliphatic heterocycles. The molecule has 1 radical (unpaired) electrons. The van der Waals surface area contributed by atoms with Crippen molar-refractivity contribution < 1.29 is 9.78 Å². The molecule has 2 aliphatic rings. The van der Waals surface area contributed by atoms with Crippen molar-refractivity contribution in [3.8, 4) is 0 Å². The molecule has 2 fully saturated rings. The fourth-order valence-electron chi connectivity index (χ4n) is 1.38. The molecule has 2 nitrogen and oxygen atoms in total. The zero-order chi connectivity index (χ0) is 6.86. The molecule has 2 heterocycles. The molecule has 57 valence electrons. The molecule has 0 aromatic carbocycles. The Morgan fingerprint density at radius 2 is 2.10 bits per heavy atom. The van der Waals surface area contributed by atoms with Gasteiger partial charge in [-0.3, -0.25) is 0 Å². The average Bonchev–Trinajstić information content (AvgIpc) is 2.39. The van der Waals surface area contributed by atoms with E-state index in [0.29, 0.717) is 6.61 Å². The van der Waals surface area contributed by atoms with Crippen LogP contribution < -0.4 is 0 Å². The molecule has 1 spiro atoms. The largest absolute Gasteiger partial charge is 0.236 e. The molecular formula is C7H11O2S. The molecule has 0 amide bonds. The van der Waals surface area contributed by atoms with Gasteiger partial charge in [-0.1, -0.05) is 0 Å². The van der Waals surface area contributed by atoms with E-state index in [9.17, 15) is 0 Å². The normalized spacial score (nSPS) is 31.2. The van der Waals surface area contributed by atoms with Crippen LogP contribution in [0.4, 0.5) is 0 Å². The second kappa shape index (κ2) is 2.72. The minimum absolute atomic E-state index is 0.00521. The van der Waals surface area contributed by atoms with Crippen LogP contribution in [-0.2, 0) is 9.78 Å². The molecule has 0 saturated carbocycles. The molecule has 2 saturated heterocycles. The Kier molecular flexibility index (Phi) is 1.89. The van der Waals surface area contributed by atoms with Crippen molar-refractivity contribution in [2.45, 2.75) is 18.4 Å². The first-order valence-electron chi connectivity index (χ1n) is 3.64. The van der Waals surface area contributed by atoms with Gasteiger partial charge in [-0.2, -0.15) is 11.8 Å². The van der Waals surface area contributed by atoms with E-state index in [2.05, 4.69) is 6.42 Å². The van der Waals surface area contributed by atoms with Crippen LogP contribution in [0.15, 0.2) is 0 Å². The van der Waals surface area contributed by atoms with Gasteiger partial charge in [-0.05, 0) is 24.3 Å². The summed E-state index contributed by atoms with van der Waals surface area (Å²) in [5.41, 5.74) is 0.00521. The maximum Gasteiger partial charge on any atom is 0.111 e. The van der Waals surface area contributed by atoms with E-state index in [0.717, 1.165) is 12.8 Å². The summed E-state index contributed by atoms with van der Waals surface area (Å²) in [4.78, 5) is 10.1. The summed E-state index contributed by atoms with van der Waals surface area (Å²) in [6.45, 7) is 0.671. The van der Waals surface area contributed by atoms with E-state index in [1.54, 1.807) is 0 Å². The lowest BCUT2D eigenvalue weighted by atomic mass is 9.94. The molecule has 0 aromatic heterocycles. The fourth-order valence-corrected chi connectivity index (χ4v) is 2.56. The molecule has 0 bridgehead atoms. The highest BCUT2D eigenvalue weighted by Crippen LogP contribution is 2.35. The second-order valence-corrected chi connectivity index (χ2v) is 3.97. The molecule has 0 unspecified atom stereocenters. The molecule has 0 aliphatic carbocycles. The Bertz CT molecular complexity index is 113. The minimum Gasteiger partial charge on any atom is -0.236 e.